The molecule has 0 radical (unpaired) electrons. The number of anilines is 2. The van der Waals surface area contributed by atoms with Gasteiger partial charge in [-0.3, -0.25) is 0 Å². The number of ether oxygens (including phenoxy) is 1. The molecule has 1 aromatic heterocycles. The Morgan fingerprint density at radius 2 is 2.19 bits per heavy atom. The normalized spacial score (nSPS) is 15.7. The molecule has 5 heteroatoms. The molecule has 5 nitrogen and oxygen atoms in total. The zero-order valence-electron chi connectivity index (χ0n) is 12.7. The fraction of sp³-hybridized carbons (Fsp3) is 0.625. The summed E-state index contributed by atoms with van der Waals surface area (Å²) in [5.41, 5.74) is 6.76. The molecule has 1 heterocycles. The van der Waals surface area contributed by atoms with Crippen LogP contribution >= 0.6 is 0 Å². The van der Waals surface area contributed by atoms with Crippen molar-refractivity contribution in [2.45, 2.75) is 45.4 Å². The summed E-state index contributed by atoms with van der Waals surface area (Å²) in [5.74, 6) is 0.991. The lowest BCUT2D eigenvalue weighted by Crippen LogP contribution is -2.15. The van der Waals surface area contributed by atoms with Crippen molar-refractivity contribution < 1.29 is 9.53 Å². The molecule has 0 aliphatic heterocycles. The molecule has 0 saturated heterocycles. The molecule has 1 aliphatic carbocycles. The molecule has 0 unspecified atom stereocenters. The first-order valence-corrected chi connectivity index (χ1v) is 7.87. The van der Waals surface area contributed by atoms with Gasteiger partial charge in [0.25, 0.3) is 0 Å². The zero-order valence-corrected chi connectivity index (χ0v) is 12.7. The second-order valence-electron chi connectivity index (χ2n) is 5.56. The smallest absolute Gasteiger partial charge is 0.340 e. The number of hydrogen-bond acceptors (Lipinski definition) is 5. The van der Waals surface area contributed by atoms with Crippen LogP contribution in [0.4, 0.5) is 11.5 Å². The first-order chi connectivity index (χ1) is 10.2. The molecule has 1 fully saturated rings. The molecule has 3 N–H and O–H groups in total. The van der Waals surface area contributed by atoms with Crippen LogP contribution < -0.4 is 11.1 Å². The van der Waals surface area contributed by atoms with E-state index in [2.05, 4.69) is 10.3 Å². The van der Waals surface area contributed by atoms with E-state index in [4.69, 9.17) is 10.5 Å². The van der Waals surface area contributed by atoms with Gasteiger partial charge in [-0.05, 0) is 25.3 Å². The Labute approximate surface area is 126 Å². The maximum atomic E-state index is 11.8. The van der Waals surface area contributed by atoms with Crippen LogP contribution in [0.5, 0.6) is 0 Å². The van der Waals surface area contributed by atoms with Crippen molar-refractivity contribution in [1.29, 1.82) is 0 Å². The van der Waals surface area contributed by atoms with Crippen LogP contribution in [-0.2, 0) is 4.74 Å². The molecule has 0 amide bonds. The molecule has 2 rings (SSSR count). The molecular weight excluding hydrogens is 266 g/mol. The Morgan fingerprint density at radius 3 is 2.90 bits per heavy atom. The number of aromatic nitrogens is 1. The third kappa shape index (κ3) is 4.34. The molecule has 0 spiro atoms. The number of esters is 1. The number of nitrogens with one attached hydrogen (secondary N) is 1. The highest BCUT2D eigenvalue weighted by atomic mass is 16.5. The van der Waals surface area contributed by atoms with E-state index in [0.717, 1.165) is 18.9 Å². The SMILES string of the molecule is CCOC(=O)c1ccnc(NCCC2CCCCC2)c1N. The van der Waals surface area contributed by atoms with Crippen molar-refractivity contribution in [3.8, 4) is 0 Å². The molecule has 0 bridgehead atoms. The summed E-state index contributed by atoms with van der Waals surface area (Å²) in [5, 5.41) is 3.25. The van der Waals surface area contributed by atoms with Crippen LogP contribution in [0.3, 0.4) is 0 Å². The number of nitrogen functional groups attached to an aromatic ring is 1. The minimum absolute atomic E-state index is 0.338. The highest BCUT2D eigenvalue weighted by molar-refractivity contribution is 5.97. The number of hydrogen-bond donors (Lipinski definition) is 2. The fourth-order valence-corrected chi connectivity index (χ4v) is 2.87. The van der Waals surface area contributed by atoms with Gasteiger partial charge in [-0.2, -0.15) is 0 Å². The molecule has 1 aliphatic rings. The van der Waals surface area contributed by atoms with E-state index in [1.165, 1.54) is 32.1 Å². The number of nitrogens with two attached hydrogens (primary N) is 1. The highest BCUT2D eigenvalue weighted by Gasteiger charge is 2.16. The molecule has 1 aromatic rings. The van der Waals surface area contributed by atoms with Crippen molar-refractivity contribution in [2.24, 2.45) is 5.92 Å². The number of carbonyl (C=O) groups excluding carboxylic acids is 1. The second-order valence-corrected chi connectivity index (χ2v) is 5.56. The Morgan fingerprint density at radius 1 is 1.43 bits per heavy atom. The van der Waals surface area contributed by atoms with Gasteiger partial charge in [0.2, 0.25) is 0 Å². The van der Waals surface area contributed by atoms with Crippen molar-refractivity contribution in [3.63, 3.8) is 0 Å². The third-order valence-corrected chi connectivity index (χ3v) is 4.06. The second kappa shape index (κ2) is 7.86. The van der Waals surface area contributed by atoms with Crippen molar-refractivity contribution in [1.82, 2.24) is 4.98 Å². The fourth-order valence-electron chi connectivity index (χ4n) is 2.87. The molecule has 1 saturated carbocycles. The van der Waals surface area contributed by atoms with Crippen molar-refractivity contribution >= 4 is 17.5 Å². The van der Waals surface area contributed by atoms with E-state index >= 15 is 0 Å². The zero-order chi connectivity index (χ0) is 15.1. The Kier molecular flexibility index (Phi) is 5.84. The summed E-state index contributed by atoms with van der Waals surface area (Å²) in [4.78, 5) is 16.0. The van der Waals surface area contributed by atoms with Crippen molar-refractivity contribution in [3.05, 3.63) is 17.8 Å². The van der Waals surface area contributed by atoms with Gasteiger partial charge in [-0.15, -0.1) is 0 Å². The third-order valence-electron chi connectivity index (χ3n) is 4.06. The largest absolute Gasteiger partial charge is 0.462 e. The van der Waals surface area contributed by atoms with Gasteiger partial charge in [-0.1, -0.05) is 32.1 Å². The Hall–Kier alpha value is -1.78. The minimum atomic E-state index is -0.396. The average molecular weight is 291 g/mol. The van der Waals surface area contributed by atoms with Crippen LogP contribution in [0.1, 0.15) is 55.8 Å². The van der Waals surface area contributed by atoms with E-state index in [-0.39, 0.29) is 0 Å². The van der Waals surface area contributed by atoms with E-state index in [1.807, 2.05) is 0 Å². The van der Waals surface area contributed by atoms with Gasteiger partial charge in [0, 0.05) is 12.7 Å². The quantitative estimate of drug-likeness (QED) is 0.787. The molecule has 21 heavy (non-hydrogen) atoms. The van der Waals surface area contributed by atoms with Gasteiger partial charge in [0.1, 0.15) is 5.82 Å². The number of rotatable bonds is 6. The van der Waals surface area contributed by atoms with Crippen LogP contribution in [0.2, 0.25) is 0 Å². The highest BCUT2D eigenvalue weighted by Crippen LogP contribution is 2.27. The van der Waals surface area contributed by atoms with Gasteiger partial charge in [-0.25, -0.2) is 9.78 Å². The molecular formula is C16H25N3O2. The van der Waals surface area contributed by atoms with Gasteiger partial charge in [0.05, 0.1) is 17.9 Å². The van der Waals surface area contributed by atoms with Crippen molar-refractivity contribution in [2.75, 3.05) is 24.2 Å². The van der Waals surface area contributed by atoms with Crippen LogP contribution in [0.25, 0.3) is 0 Å². The lowest BCUT2D eigenvalue weighted by molar-refractivity contribution is 0.0527. The monoisotopic (exact) mass is 291 g/mol. The van der Waals surface area contributed by atoms with Gasteiger partial charge >= 0.3 is 5.97 Å². The average Bonchev–Trinajstić information content (AvgIpc) is 2.50. The number of nitrogens with zero attached hydrogens (tertiary/aromatic N) is 1. The van der Waals surface area contributed by atoms with E-state index < -0.39 is 5.97 Å². The summed E-state index contributed by atoms with van der Waals surface area (Å²) in [6, 6.07) is 1.60. The maximum absolute atomic E-state index is 11.8. The van der Waals surface area contributed by atoms with Gasteiger partial charge in [0.15, 0.2) is 0 Å². The van der Waals surface area contributed by atoms with E-state index in [1.54, 1.807) is 19.2 Å². The Balaban J connectivity index is 1.90. The van der Waals surface area contributed by atoms with Gasteiger partial charge < -0.3 is 15.8 Å². The lowest BCUT2D eigenvalue weighted by atomic mass is 9.87. The summed E-state index contributed by atoms with van der Waals surface area (Å²) in [6.45, 7) is 2.96. The number of pyridine rings is 1. The van der Waals surface area contributed by atoms with E-state index in [9.17, 15) is 4.79 Å². The molecule has 0 aromatic carbocycles. The summed E-state index contributed by atoms with van der Waals surface area (Å²) >= 11 is 0. The Bertz CT molecular complexity index is 471. The van der Waals surface area contributed by atoms with Crippen LogP contribution in [-0.4, -0.2) is 24.1 Å². The molecule has 0 atom stereocenters. The first kappa shape index (κ1) is 15.6. The molecule has 116 valence electrons. The summed E-state index contributed by atoms with van der Waals surface area (Å²) in [6.07, 6.45) is 9.45. The standard InChI is InChI=1S/C16H25N3O2/c1-2-21-16(20)13-9-11-19-15(14(13)17)18-10-8-12-6-4-3-5-7-12/h9,11-12H,2-8,10,17H2,1H3,(H,18,19). The first-order valence-electron chi connectivity index (χ1n) is 7.87. The minimum Gasteiger partial charge on any atom is -0.462 e. The predicted octanol–water partition coefficient (Wildman–Crippen LogP) is 3.22. The van der Waals surface area contributed by atoms with E-state index in [0.29, 0.717) is 23.7 Å². The summed E-state index contributed by atoms with van der Waals surface area (Å²) < 4.78 is 4.99. The summed E-state index contributed by atoms with van der Waals surface area (Å²) in [7, 11) is 0. The topological polar surface area (TPSA) is 77.2 Å². The number of carbonyl (C=O) groups is 1. The lowest BCUT2D eigenvalue weighted by Gasteiger charge is -2.21. The predicted molar refractivity (Wildman–Crippen MR) is 84.3 cm³/mol. The van der Waals surface area contributed by atoms with Crippen LogP contribution in [0, 0.1) is 5.92 Å². The van der Waals surface area contributed by atoms with Crippen LogP contribution in [0.15, 0.2) is 12.3 Å². The maximum Gasteiger partial charge on any atom is 0.340 e.